The number of aryl methyl sites for hydroxylation is 2. The first-order valence-electron chi connectivity index (χ1n) is 13.3. The van der Waals surface area contributed by atoms with Crippen molar-refractivity contribution in [3.05, 3.63) is 95.1 Å². The Bertz CT molecular complexity index is 1410. The third kappa shape index (κ3) is 8.32. The Kier molecular flexibility index (Phi) is 10.7. The maximum absolute atomic E-state index is 14.1. The zero-order valence-corrected chi connectivity index (χ0v) is 24.7. The summed E-state index contributed by atoms with van der Waals surface area (Å²) in [5, 5.41) is 2.94. The highest BCUT2D eigenvalue weighted by molar-refractivity contribution is 7.92. The number of carbonyl (C=O) groups is 2. The van der Waals surface area contributed by atoms with Crippen molar-refractivity contribution in [2.75, 3.05) is 30.8 Å². The Morgan fingerprint density at radius 2 is 1.65 bits per heavy atom. The molecule has 2 amide bonds. The number of sulfonamides is 1. The highest BCUT2D eigenvalue weighted by Gasteiger charge is 2.33. The number of rotatable bonds is 13. The number of anilines is 1. The van der Waals surface area contributed by atoms with E-state index in [0.717, 1.165) is 39.2 Å². The van der Waals surface area contributed by atoms with Crippen LogP contribution in [0, 0.1) is 13.8 Å². The zero-order chi connectivity index (χ0) is 29.3. The van der Waals surface area contributed by atoms with Crippen LogP contribution in [-0.2, 0) is 32.6 Å². The number of ether oxygens (including phenoxy) is 1. The van der Waals surface area contributed by atoms with E-state index in [9.17, 15) is 18.0 Å². The molecule has 214 valence electrons. The van der Waals surface area contributed by atoms with E-state index in [1.54, 1.807) is 19.2 Å². The monoisotopic (exact) mass is 565 g/mol. The second kappa shape index (κ2) is 14.0. The first kappa shape index (κ1) is 30.7. The van der Waals surface area contributed by atoms with Crippen molar-refractivity contribution >= 4 is 27.5 Å². The van der Waals surface area contributed by atoms with Gasteiger partial charge in [0.2, 0.25) is 21.8 Å². The van der Waals surface area contributed by atoms with Gasteiger partial charge in [0.15, 0.2) is 0 Å². The Labute approximate surface area is 238 Å². The standard InChI is InChI=1S/C31H39N3O5S/c1-6-17-32-31(36)29(20-25-11-8-7-9-12-25)33(21-26-13-10-14-27(19-26)39-4)30(35)22-34(40(5,37)38)28-16-15-23(2)18-24(28)3/h7-16,18-19,29H,6,17,20-22H2,1-5H3,(H,32,36)/t29-/m1/s1. The van der Waals surface area contributed by atoms with Gasteiger partial charge in [-0.2, -0.15) is 0 Å². The number of methoxy groups -OCH3 is 1. The van der Waals surface area contributed by atoms with Crippen molar-refractivity contribution in [3.8, 4) is 5.75 Å². The first-order chi connectivity index (χ1) is 19.0. The van der Waals surface area contributed by atoms with Gasteiger partial charge >= 0.3 is 0 Å². The van der Waals surface area contributed by atoms with Gasteiger partial charge in [0.25, 0.3) is 0 Å². The molecule has 0 heterocycles. The molecule has 0 saturated heterocycles. The number of hydrogen-bond acceptors (Lipinski definition) is 5. The predicted molar refractivity (Wildman–Crippen MR) is 159 cm³/mol. The fourth-order valence-electron chi connectivity index (χ4n) is 4.57. The molecule has 0 spiro atoms. The molecule has 9 heteroatoms. The van der Waals surface area contributed by atoms with Gasteiger partial charge in [-0.05, 0) is 55.2 Å². The lowest BCUT2D eigenvalue weighted by Crippen LogP contribution is -2.53. The zero-order valence-electron chi connectivity index (χ0n) is 23.9. The van der Waals surface area contributed by atoms with Gasteiger partial charge in [0.1, 0.15) is 18.3 Å². The fraction of sp³-hybridized carbons (Fsp3) is 0.355. The molecule has 1 atom stereocenters. The van der Waals surface area contributed by atoms with Crippen LogP contribution in [0.25, 0.3) is 0 Å². The van der Waals surface area contributed by atoms with Crippen LogP contribution in [0.2, 0.25) is 0 Å². The normalized spacial score (nSPS) is 11.9. The van der Waals surface area contributed by atoms with Crippen LogP contribution >= 0.6 is 0 Å². The summed E-state index contributed by atoms with van der Waals surface area (Å²) in [6, 6.07) is 21.3. The van der Waals surface area contributed by atoms with E-state index in [2.05, 4.69) is 5.32 Å². The molecule has 3 aromatic rings. The molecule has 0 aliphatic rings. The molecule has 0 aromatic heterocycles. The van der Waals surface area contributed by atoms with Crippen molar-refractivity contribution < 1.29 is 22.7 Å². The number of nitrogens with zero attached hydrogens (tertiary/aromatic N) is 2. The van der Waals surface area contributed by atoms with Crippen LogP contribution in [0.1, 0.15) is 35.6 Å². The Hall–Kier alpha value is -3.85. The summed E-state index contributed by atoms with van der Waals surface area (Å²) in [4.78, 5) is 29.2. The maximum atomic E-state index is 14.1. The second-order valence-electron chi connectivity index (χ2n) is 9.93. The van der Waals surface area contributed by atoms with Crippen molar-refractivity contribution in [2.24, 2.45) is 0 Å². The molecular formula is C31H39N3O5S. The van der Waals surface area contributed by atoms with Crippen LogP contribution in [0.5, 0.6) is 5.75 Å². The van der Waals surface area contributed by atoms with Crippen LogP contribution in [0.4, 0.5) is 5.69 Å². The molecule has 0 radical (unpaired) electrons. The highest BCUT2D eigenvalue weighted by Crippen LogP contribution is 2.25. The fourth-order valence-corrected chi connectivity index (χ4v) is 5.47. The topological polar surface area (TPSA) is 96.0 Å². The summed E-state index contributed by atoms with van der Waals surface area (Å²) in [6.45, 7) is 5.81. The highest BCUT2D eigenvalue weighted by atomic mass is 32.2. The van der Waals surface area contributed by atoms with Gasteiger partial charge < -0.3 is 15.0 Å². The summed E-state index contributed by atoms with van der Waals surface area (Å²) in [5.74, 6) is -0.159. The van der Waals surface area contributed by atoms with Crippen LogP contribution in [-0.4, -0.2) is 57.6 Å². The smallest absolute Gasteiger partial charge is 0.244 e. The molecule has 0 saturated carbocycles. The molecule has 0 bridgehead atoms. The van der Waals surface area contributed by atoms with E-state index in [1.165, 1.54) is 4.90 Å². The SMILES string of the molecule is CCCNC(=O)[C@@H](Cc1ccccc1)N(Cc1cccc(OC)c1)C(=O)CN(c1ccc(C)cc1C)S(C)(=O)=O. The van der Waals surface area contributed by atoms with Gasteiger partial charge in [0, 0.05) is 19.5 Å². The number of hydrogen-bond donors (Lipinski definition) is 1. The number of carbonyl (C=O) groups excluding carboxylic acids is 2. The van der Waals surface area contributed by atoms with Crippen LogP contribution < -0.4 is 14.4 Å². The molecule has 40 heavy (non-hydrogen) atoms. The predicted octanol–water partition coefficient (Wildman–Crippen LogP) is 4.24. The van der Waals surface area contributed by atoms with Crippen LogP contribution in [0.3, 0.4) is 0 Å². The van der Waals surface area contributed by atoms with Crippen LogP contribution in [0.15, 0.2) is 72.8 Å². The average Bonchev–Trinajstić information content (AvgIpc) is 2.92. The van der Waals surface area contributed by atoms with Gasteiger partial charge in [-0.3, -0.25) is 13.9 Å². The minimum Gasteiger partial charge on any atom is -0.497 e. The molecule has 1 N–H and O–H groups in total. The number of amides is 2. The van der Waals surface area contributed by atoms with E-state index >= 15 is 0 Å². The summed E-state index contributed by atoms with van der Waals surface area (Å²) in [7, 11) is -2.26. The quantitative estimate of drug-likeness (QED) is 0.334. The maximum Gasteiger partial charge on any atom is 0.244 e. The van der Waals surface area contributed by atoms with Gasteiger partial charge in [-0.25, -0.2) is 8.42 Å². The summed E-state index contributed by atoms with van der Waals surface area (Å²) in [6.07, 6.45) is 2.10. The van der Waals surface area contributed by atoms with E-state index < -0.39 is 28.5 Å². The first-order valence-corrected chi connectivity index (χ1v) is 15.2. The number of nitrogens with one attached hydrogen (secondary N) is 1. The van der Waals surface area contributed by atoms with E-state index in [0.29, 0.717) is 18.0 Å². The Morgan fingerprint density at radius 3 is 2.27 bits per heavy atom. The lowest BCUT2D eigenvalue weighted by atomic mass is 10.0. The van der Waals surface area contributed by atoms with Crippen molar-refractivity contribution in [2.45, 2.75) is 46.2 Å². The summed E-state index contributed by atoms with van der Waals surface area (Å²) in [5.41, 5.74) is 3.79. The van der Waals surface area contributed by atoms with E-state index in [1.807, 2.05) is 81.4 Å². The van der Waals surface area contributed by atoms with Crippen molar-refractivity contribution in [1.29, 1.82) is 0 Å². The lowest BCUT2D eigenvalue weighted by molar-refractivity contribution is -0.140. The molecule has 3 rings (SSSR count). The minimum atomic E-state index is -3.82. The Morgan fingerprint density at radius 1 is 0.950 bits per heavy atom. The molecule has 3 aromatic carbocycles. The molecular weight excluding hydrogens is 526 g/mol. The van der Waals surface area contributed by atoms with E-state index in [-0.39, 0.29) is 18.9 Å². The lowest BCUT2D eigenvalue weighted by Gasteiger charge is -2.34. The van der Waals surface area contributed by atoms with Gasteiger partial charge in [-0.15, -0.1) is 0 Å². The number of benzene rings is 3. The van der Waals surface area contributed by atoms with Crippen molar-refractivity contribution in [1.82, 2.24) is 10.2 Å². The van der Waals surface area contributed by atoms with Crippen molar-refractivity contribution in [3.63, 3.8) is 0 Å². The summed E-state index contributed by atoms with van der Waals surface area (Å²) >= 11 is 0. The third-order valence-electron chi connectivity index (χ3n) is 6.61. The third-order valence-corrected chi connectivity index (χ3v) is 7.73. The largest absolute Gasteiger partial charge is 0.497 e. The average molecular weight is 566 g/mol. The second-order valence-corrected chi connectivity index (χ2v) is 11.8. The van der Waals surface area contributed by atoms with E-state index in [4.69, 9.17) is 4.74 Å². The molecule has 0 unspecified atom stereocenters. The van der Waals surface area contributed by atoms with Gasteiger partial charge in [-0.1, -0.05) is 67.1 Å². The molecule has 0 fully saturated rings. The molecule has 0 aliphatic heterocycles. The van der Waals surface area contributed by atoms with Gasteiger partial charge in [0.05, 0.1) is 19.1 Å². The minimum absolute atomic E-state index is 0.0948. The molecule has 8 nitrogen and oxygen atoms in total. The molecule has 0 aliphatic carbocycles. The Balaban J connectivity index is 2.07. The summed E-state index contributed by atoms with van der Waals surface area (Å²) < 4.78 is 32.4.